The number of carbonyl (C=O) groups excluding carboxylic acids is 1. The van der Waals surface area contributed by atoms with E-state index in [1.807, 2.05) is 32.0 Å². The molecule has 3 aromatic rings. The van der Waals surface area contributed by atoms with Crippen molar-refractivity contribution in [1.82, 2.24) is 20.2 Å². The Morgan fingerprint density at radius 3 is 2.65 bits per heavy atom. The molecule has 31 heavy (non-hydrogen) atoms. The number of carbonyl (C=O) groups is 1. The van der Waals surface area contributed by atoms with Crippen LogP contribution in [0.2, 0.25) is 5.02 Å². The molecule has 0 spiro atoms. The molecule has 2 heterocycles. The molecule has 1 aromatic carbocycles. The second-order valence-corrected chi connectivity index (χ2v) is 8.53. The molecule has 0 saturated carbocycles. The van der Waals surface area contributed by atoms with Gasteiger partial charge in [0.25, 0.3) is 5.91 Å². The van der Waals surface area contributed by atoms with Crippen LogP contribution in [0.5, 0.6) is 5.75 Å². The Balaban J connectivity index is 2.00. The SMILES string of the molecule is CCNC(=O)c1cc2c(-c3cc(OCCN(CC)CC)c(Cl)cc3C)nc(N)nc2s1. The first kappa shape index (κ1) is 23.2. The van der Waals surface area contributed by atoms with Crippen LogP contribution in [0, 0.1) is 6.92 Å². The molecular weight excluding hydrogens is 434 g/mol. The van der Waals surface area contributed by atoms with E-state index >= 15 is 0 Å². The van der Waals surface area contributed by atoms with Crippen LogP contribution in [0.3, 0.4) is 0 Å². The minimum Gasteiger partial charge on any atom is -0.491 e. The molecule has 1 amide bonds. The molecule has 0 aliphatic heterocycles. The molecule has 7 nitrogen and oxygen atoms in total. The number of rotatable bonds is 9. The van der Waals surface area contributed by atoms with Crippen molar-refractivity contribution >= 4 is 45.0 Å². The molecule has 3 N–H and O–H groups in total. The van der Waals surface area contributed by atoms with Gasteiger partial charge in [0.15, 0.2) is 0 Å². The normalized spacial score (nSPS) is 11.3. The highest BCUT2D eigenvalue weighted by Crippen LogP contribution is 2.38. The van der Waals surface area contributed by atoms with E-state index in [4.69, 9.17) is 22.1 Å². The highest BCUT2D eigenvalue weighted by Gasteiger charge is 2.19. The third kappa shape index (κ3) is 5.26. The third-order valence-electron chi connectivity index (χ3n) is 5.06. The fraction of sp³-hybridized carbons (Fsp3) is 0.409. The first-order valence-electron chi connectivity index (χ1n) is 10.4. The number of nitrogens with two attached hydrogens (primary N) is 1. The van der Waals surface area contributed by atoms with Crippen LogP contribution in [-0.4, -0.2) is 53.6 Å². The van der Waals surface area contributed by atoms with E-state index in [1.165, 1.54) is 11.3 Å². The van der Waals surface area contributed by atoms with E-state index in [-0.39, 0.29) is 11.9 Å². The molecule has 3 rings (SSSR count). The first-order valence-corrected chi connectivity index (χ1v) is 11.6. The Bertz CT molecular complexity index is 1080. The number of benzene rings is 1. The Morgan fingerprint density at radius 2 is 1.97 bits per heavy atom. The molecule has 0 bridgehead atoms. The zero-order valence-electron chi connectivity index (χ0n) is 18.3. The summed E-state index contributed by atoms with van der Waals surface area (Å²) in [6.07, 6.45) is 0. The smallest absolute Gasteiger partial charge is 0.261 e. The van der Waals surface area contributed by atoms with Gasteiger partial charge in [-0.25, -0.2) is 9.97 Å². The van der Waals surface area contributed by atoms with E-state index in [0.29, 0.717) is 39.3 Å². The van der Waals surface area contributed by atoms with Gasteiger partial charge in [0, 0.05) is 24.0 Å². The fourth-order valence-electron chi connectivity index (χ4n) is 3.35. The number of hydrogen-bond acceptors (Lipinski definition) is 7. The molecule has 0 radical (unpaired) electrons. The third-order valence-corrected chi connectivity index (χ3v) is 6.39. The van der Waals surface area contributed by atoms with Crippen molar-refractivity contribution in [2.45, 2.75) is 27.7 Å². The summed E-state index contributed by atoms with van der Waals surface area (Å²) in [5.74, 6) is 0.618. The molecule has 0 aliphatic rings. The predicted octanol–water partition coefficient (Wildman–Crippen LogP) is 4.37. The number of ether oxygens (including phenoxy) is 1. The quantitative estimate of drug-likeness (QED) is 0.491. The summed E-state index contributed by atoms with van der Waals surface area (Å²) in [6, 6.07) is 5.57. The van der Waals surface area contributed by atoms with E-state index < -0.39 is 0 Å². The summed E-state index contributed by atoms with van der Waals surface area (Å²) < 4.78 is 6.00. The number of fused-ring (bicyclic) bond motifs is 1. The molecule has 2 aromatic heterocycles. The van der Waals surface area contributed by atoms with Gasteiger partial charge in [-0.1, -0.05) is 25.4 Å². The summed E-state index contributed by atoms with van der Waals surface area (Å²) in [7, 11) is 0. The summed E-state index contributed by atoms with van der Waals surface area (Å²) in [5, 5.41) is 4.14. The number of hydrogen-bond donors (Lipinski definition) is 2. The molecule has 0 fully saturated rings. The van der Waals surface area contributed by atoms with Gasteiger partial charge in [0.2, 0.25) is 5.95 Å². The Kier molecular flexibility index (Phi) is 7.69. The van der Waals surface area contributed by atoms with Crippen molar-refractivity contribution in [3.8, 4) is 17.0 Å². The molecule has 0 atom stereocenters. The average molecular weight is 462 g/mol. The maximum atomic E-state index is 12.3. The highest BCUT2D eigenvalue weighted by molar-refractivity contribution is 7.20. The largest absolute Gasteiger partial charge is 0.491 e. The monoisotopic (exact) mass is 461 g/mol. The number of aryl methyl sites for hydroxylation is 1. The predicted molar refractivity (Wildman–Crippen MR) is 128 cm³/mol. The fourth-order valence-corrected chi connectivity index (χ4v) is 4.57. The number of halogens is 1. The van der Waals surface area contributed by atoms with Gasteiger partial charge >= 0.3 is 0 Å². The Morgan fingerprint density at radius 1 is 1.23 bits per heavy atom. The van der Waals surface area contributed by atoms with Gasteiger partial charge < -0.3 is 20.7 Å². The standard InChI is InChI=1S/C22H28ClN5O2S/c1-5-25-20(29)18-12-15-19(26-22(24)27-21(15)31-18)14-11-17(16(23)10-13(14)4)30-9-8-28(6-2)7-3/h10-12H,5-9H2,1-4H3,(H,25,29)(H2,24,26,27). The lowest BCUT2D eigenvalue weighted by Gasteiger charge is -2.19. The lowest BCUT2D eigenvalue weighted by atomic mass is 10.0. The maximum Gasteiger partial charge on any atom is 0.261 e. The van der Waals surface area contributed by atoms with Crippen molar-refractivity contribution in [2.75, 3.05) is 38.5 Å². The lowest BCUT2D eigenvalue weighted by molar-refractivity contribution is 0.0960. The van der Waals surface area contributed by atoms with Crippen molar-refractivity contribution in [3.05, 3.63) is 33.7 Å². The second-order valence-electron chi connectivity index (χ2n) is 7.09. The van der Waals surface area contributed by atoms with Gasteiger partial charge in [-0.2, -0.15) is 0 Å². The van der Waals surface area contributed by atoms with Crippen LogP contribution >= 0.6 is 22.9 Å². The van der Waals surface area contributed by atoms with Crippen molar-refractivity contribution in [1.29, 1.82) is 0 Å². The summed E-state index contributed by atoms with van der Waals surface area (Å²) in [4.78, 5) is 24.7. The van der Waals surface area contributed by atoms with E-state index in [2.05, 4.69) is 34.0 Å². The van der Waals surface area contributed by atoms with E-state index in [0.717, 1.165) is 36.1 Å². The van der Waals surface area contributed by atoms with Crippen molar-refractivity contribution in [3.63, 3.8) is 0 Å². The van der Waals surface area contributed by atoms with Crippen molar-refractivity contribution in [2.24, 2.45) is 0 Å². The van der Waals surface area contributed by atoms with Gasteiger partial charge in [0.05, 0.1) is 15.6 Å². The van der Waals surface area contributed by atoms with Crippen LogP contribution in [0.1, 0.15) is 36.0 Å². The van der Waals surface area contributed by atoms with Gasteiger partial charge in [-0.3, -0.25) is 4.79 Å². The molecule has 0 unspecified atom stereocenters. The average Bonchev–Trinajstić information content (AvgIpc) is 3.16. The summed E-state index contributed by atoms with van der Waals surface area (Å²) in [5.41, 5.74) is 8.44. The van der Waals surface area contributed by atoms with Gasteiger partial charge in [-0.05, 0) is 50.7 Å². The number of nitrogen functional groups attached to an aromatic ring is 1. The van der Waals surface area contributed by atoms with E-state index in [1.54, 1.807) is 0 Å². The van der Waals surface area contributed by atoms with Gasteiger partial charge in [0.1, 0.15) is 17.2 Å². The topological polar surface area (TPSA) is 93.4 Å². The number of aromatic nitrogens is 2. The molecule has 166 valence electrons. The molecule has 9 heteroatoms. The van der Waals surface area contributed by atoms with E-state index in [9.17, 15) is 4.79 Å². The zero-order valence-corrected chi connectivity index (χ0v) is 19.9. The maximum absolute atomic E-state index is 12.3. The highest BCUT2D eigenvalue weighted by atomic mass is 35.5. The lowest BCUT2D eigenvalue weighted by Crippen LogP contribution is -2.27. The first-order chi connectivity index (χ1) is 14.9. The number of amides is 1. The van der Waals surface area contributed by atoms with Crippen LogP contribution in [0.4, 0.5) is 5.95 Å². The summed E-state index contributed by atoms with van der Waals surface area (Å²) in [6.45, 7) is 11.9. The molecule has 0 aliphatic carbocycles. The number of thiophene rings is 1. The molecule has 0 saturated heterocycles. The van der Waals surface area contributed by atoms with Crippen LogP contribution in [0.25, 0.3) is 21.5 Å². The van der Waals surface area contributed by atoms with Gasteiger partial charge in [-0.15, -0.1) is 11.3 Å². The van der Waals surface area contributed by atoms with Crippen molar-refractivity contribution < 1.29 is 9.53 Å². The Hall–Kier alpha value is -2.42. The summed E-state index contributed by atoms with van der Waals surface area (Å²) >= 11 is 7.75. The number of nitrogens with one attached hydrogen (secondary N) is 1. The van der Waals surface area contributed by atoms with Crippen LogP contribution in [0.15, 0.2) is 18.2 Å². The minimum absolute atomic E-state index is 0.136. The van der Waals surface area contributed by atoms with Crippen LogP contribution in [-0.2, 0) is 0 Å². The Labute approximate surface area is 191 Å². The second kappa shape index (κ2) is 10.3. The minimum atomic E-state index is -0.136. The molecular formula is C22H28ClN5O2S. The van der Waals surface area contributed by atoms with Crippen LogP contribution < -0.4 is 15.8 Å². The zero-order chi connectivity index (χ0) is 22.5. The number of anilines is 1. The number of likely N-dealkylation sites (N-methyl/N-ethyl adjacent to an activating group) is 1. The number of nitrogens with zero attached hydrogens (tertiary/aromatic N) is 3.